The van der Waals surface area contributed by atoms with E-state index in [-0.39, 0.29) is 5.41 Å². The van der Waals surface area contributed by atoms with Gasteiger partial charge in [-0.2, -0.15) is 0 Å². The molecular formula is C13H16O2. The Morgan fingerprint density at radius 1 is 1.33 bits per heavy atom. The first-order chi connectivity index (χ1) is 7.37. The number of hydrogen-bond acceptors (Lipinski definition) is 2. The van der Waals surface area contributed by atoms with Gasteiger partial charge in [-0.05, 0) is 18.9 Å². The lowest BCUT2D eigenvalue weighted by molar-refractivity contribution is 0.172. The maximum Gasteiger partial charge on any atom is 0.122 e. The summed E-state index contributed by atoms with van der Waals surface area (Å²) >= 11 is 0. The Bertz CT molecular complexity index is 365. The van der Waals surface area contributed by atoms with E-state index in [0.29, 0.717) is 6.10 Å². The summed E-state index contributed by atoms with van der Waals surface area (Å²) in [5.74, 6) is 1.02. The summed E-state index contributed by atoms with van der Waals surface area (Å²) in [6, 6.07) is 8.38. The second-order valence-corrected chi connectivity index (χ2v) is 4.53. The Kier molecular flexibility index (Phi) is 1.99. The van der Waals surface area contributed by atoms with Crippen molar-refractivity contribution < 1.29 is 9.47 Å². The van der Waals surface area contributed by atoms with Crippen molar-refractivity contribution in [2.75, 3.05) is 13.7 Å². The standard InChI is InChI=1S/C13H16O2/c1-14-11-6-3-2-5-10(11)13(7-4-8-13)12-9-15-12/h2-3,5-6,12H,4,7-9H2,1H3/t12-/m1/s1. The molecule has 1 aromatic carbocycles. The van der Waals surface area contributed by atoms with E-state index < -0.39 is 0 Å². The molecule has 0 N–H and O–H groups in total. The molecule has 1 aliphatic carbocycles. The van der Waals surface area contributed by atoms with Crippen LogP contribution >= 0.6 is 0 Å². The van der Waals surface area contributed by atoms with Crippen molar-refractivity contribution in [3.63, 3.8) is 0 Å². The number of methoxy groups -OCH3 is 1. The highest BCUT2D eigenvalue weighted by atomic mass is 16.6. The Balaban J connectivity index is 2.02. The molecule has 1 heterocycles. The first kappa shape index (κ1) is 9.22. The van der Waals surface area contributed by atoms with E-state index in [9.17, 15) is 0 Å². The molecule has 1 aromatic rings. The van der Waals surface area contributed by atoms with Crippen LogP contribution in [0.3, 0.4) is 0 Å². The average molecular weight is 204 g/mol. The van der Waals surface area contributed by atoms with Crippen molar-refractivity contribution in [2.24, 2.45) is 0 Å². The van der Waals surface area contributed by atoms with Gasteiger partial charge in [0.25, 0.3) is 0 Å². The zero-order valence-corrected chi connectivity index (χ0v) is 9.03. The fourth-order valence-electron chi connectivity index (χ4n) is 2.75. The normalized spacial score (nSPS) is 26.9. The number of ether oxygens (including phenoxy) is 2. The van der Waals surface area contributed by atoms with E-state index in [1.165, 1.54) is 24.8 Å². The third-order valence-corrected chi connectivity index (χ3v) is 3.84. The minimum atomic E-state index is 0.270. The van der Waals surface area contributed by atoms with Crippen LogP contribution in [0.4, 0.5) is 0 Å². The van der Waals surface area contributed by atoms with Crippen LogP contribution in [0.2, 0.25) is 0 Å². The van der Waals surface area contributed by atoms with Crippen LogP contribution in [0.25, 0.3) is 0 Å². The predicted molar refractivity (Wildman–Crippen MR) is 58.3 cm³/mol. The SMILES string of the molecule is COc1ccccc1C1([C@H]2CO2)CCC1. The maximum absolute atomic E-state index is 5.51. The van der Waals surface area contributed by atoms with Gasteiger partial charge >= 0.3 is 0 Å². The topological polar surface area (TPSA) is 21.8 Å². The Morgan fingerprint density at radius 3 is 2.60 bits per heavy atom. The van der Waals surface area contributed by atoms with Crippen molar-refractivity contribution in [1.29, 1.82) is 0 Å². The molecule has 2 heteroatoms. The molecule has 2 fully saturated rings. The zero-order valence-electron chi connectivity index (χ0n) is 9.03. The molecule has 0 radical (unpaired) electrons. The summed E-state index contributed by atoms with van der Waals surface area (Å²) in [5, 5.41) is 0. The highest BCUT2D eigenvalue weighted by Gasteiger charge is 2.52. The van der Waals surface area contributed by atoms with Crippen LogP contribution in [0.1, 0.15) is 24.8 Å². The fraction of sp³-hybridized carbons (Fsp3) is 0.538. The number of benzene rings is 1. The summed E-state index contributed by atoms with van der Waals surface area (Å²) in [6.07, 6.45) is 4.26. The van der Waals surface area contributed by atoms with E-state index in [4.69, 9.17) is 9.47 Å². The highest BCUT2D eigenvalue weighted by molar-refractivity contribution is 5.43. The van der Waals surface area contributed by atoms with Gasteiger partial charge < -0.3 is 9.47 Å². The Morgan fingerprint density at radius 2 is 2.07 bits per heavy atom. The third kappa shape index (κ3) is 1.28. The van der Waals surface area contributed by atoms with Crippen LogP contribution in [-0.4, -0.2) is 19.8 Å². The van der Waals surface area contributed by atoms with Gasteiger partial charge in [-0.1, -0.05) is 24.6 Å². The minimum absolute atomic E-state index is 0.270. The van der Waals surface area contributed by atoms with E-state index in [1.54, 1.807) is 7.11 Å². The quantitative estimate of drug-likeness (QED) is 0.706. The van der Waals surface area contributed by atoms with Crippen molar-refractivity contribution in [2.45, 2.75) is 30.8 Å². The first-order valence-electron chi connectivity index (χ1n) is 5.62. The predicted octanol–water partition coefficient (Wildman–Crippen LogP) is 2.52. The molecule has 2 aliphatic rings. The van der Waals surface area contributed by atoms with Crippen molar-refractivity contribution >= 4 is 0 Å². The summed E-state index contributed by atoms with van der Waals surface area (Å²) in [7, 11) is 1.75. The van der Waals surface area contributed by atoms with Gasteiger partial charge in [-0.3, -0.25) is 0 Å². The third-order valence-electron chi connectivity index (χ3n) is 3.84. The summed E-state index contributed by atoms with van der Waals surface area (Å²) in [5.41, 5.74) is 1.62. The summed E-state index contributed by atoms with van der Waals surface area (Å²) in [4.78, 5) is 0. The van der Waals surface area contributed by atoms with Crippen LogP contribution < -0.4 is 4.74 Å². The molecule has 0 bridgehead atoms. The summed E-state index contributed by atoms with van der Waals surface area (Å²) < 4.78 is 11.0. The molecule has 15 heavy (non-hydrogen) atoms. The van der Waals surface area contributed by atoms with Gasteiger partial charge in [-0.15, -0.1) is 0 Å². The average Bonchev–Trinajstić information content (AvgIpc) is 3.02. The van der Waals surface area contributed by atoms with Crippen molar-refractivity contribution in [3.8, 4) is 5.75 Å². The molecule has 1 saturated carbocycles. The first-order valence-corrected chi connectivity index (χ1v) is 5.62. The zero-order chi connectivity index (χ0) is 10.3. The lowest BCUT2D eigenvalue weighted by Gasteiger charge is -2.42. The van der Waals surface area contributed by atoms with Gasteiger partial charge in [-0.25, -0.2) is 0 Å². The van der Waals surface area contributed by atoms with Gasteiger partial charge in [0.2, 0.25) is 0 Å². The fourth-order valence-corrected chi connectivity index (χ4v) is 2.75. The van der Waals surface area contributed by atoms with E-state index in [0.717, 1.165) is 12.4 Å². The van der Waals surface area contributed by atoms with Crippen LogP contribution in [-0.2, 0) is 10.2 Å². The smallest absolute Gasteiger partial charge is 0.122 e. The molecular weight excluding hydrogens is 188 g/mol. The Hall–Kier alpha value is -1.02. The second kappa shape index (κ2) is 3.24. The number of para-hydroxylation sites is 1. The van der Waals surface area contributed by atoms with Gasteiger partial charge in [0.15, 0.2) is 0 Å². The number of hydrogen-bond donors (Lipinski definition) is 0. The molecule has 0 amide bonds. The van der Waals surface area contributed by atoms with Crippen LogP contribution in [0.5, 0.6) is 5.75 Å². The van der Waals surface area contributed by atoms with Crippen LogP contribution in [0.15, 0.2) is 24.3 Å². The largest absolute Gasteiger partial charge is 0.496 e. The molecule has 1 atom stereocenters. The lowest BCUT2D eigenvalue weighted by Crippen LogP contribution is -2.40. The van der Waals surface area contributed by atoms with Gasteiger partial charge in [0.1, 0.15) is 5.75 Å². The maximum atomic E-state index is 5.51. The molecule has 1 saturated heterocycles. The molecule has 1 aliphatic heterocycles. The van der Waals surface area contributed by atoms with Gasteiger partial charge in [0, 0.05) is 11.0 Å². The second-order valence-electron chi connectivity index (χ2n) is 4.53. The summed E-state index contributed by atoms with van der Waals surface area (Å²) in [6.45, 7) is 0.929. The minimum Gasteiger partial charge on any atom is -0.496 e. The van der Waals surface area contributed by atoms with Crippen LogP contribution in [0, 0.1) is 0 Å². The number of epoxide rings is 1. The van der Waals surface area contributed by atoms with Crippen molar-refractivity contribution in [3.05, 3.63) is 29.8 Å². The van der Waals surface area contributed by atoms with E-state index >= 15 is 0 Å². The molecule has 2 nitrogen and oxygen atoms in total. The van der Waals surface area contributed by atoms with Crippen molar-refractivity contribution in [1.82, 2.24) is 0 Å². The van der Waals surface area contributed by atoms with E-state index in [2.05, 4.69) is 18.2 Å². The molecule has 0 spiro atoms. The monoisotopic (exact) mass is 204 g/mol. The van der Waals surface area contributed by atoms with Gasteiger partial charge in [0.05, 0.1) is 19.8 Å². The lowest BCUT2D eigenvalue weighted by atomic mass is 9.62. The highest BCUT2D eigenvalue weighted by Crippen LogP contribution is 2.53. The molecule has 0 aromatic heterocycles. The Labute approximate surface area is 90.2 Å². The molecule has 0 unspecified atom stereocenters. The molecule has 3 rings (SSSR count). The number of rotatable bonds is 3. The van der Waals surface area contributed by atoms with E-state index in [1.807, 2.05) is 6.07 Å². The molecule has 80 valence electrons.